The van der Waals surface area contributed by atoms with Crippen molar-refractivity contribution in [3.63, 3.8) is 0 Å². The Hall–Kier alpha value is -1.42. The summed E-state index contributed by atoms with van der Waals surface area (Å²) in [6.45, 7) is 4.10. The van der Waals surface area contributed by atoms with Crippen molar-refractivity contribution in [1.82, 2.24) is 19.9 Å². The van der Waals surface area contributed by atoms with E-state index in [9.17, 15) is 0 Å². The third-order valence-electron chi connectivity index (χ3n) is 3.12. The molecule has 0 saturated heterocycles. The zero-order chi connectivity index (χ0) is 12.6. The topological polar surface area (TPSA) is 42.2 Å². The normalized spacial score (nSPS) is 11.2. The largest absolute Gasteiger partial charge is 0.310 e. The lowest BCUT2D eigenvalue weighted by atomic mass is 10.1. The van der Waals surface area contributed by atoms with Crippen LogP contribution in [0.1, 0.15) is 44.9 Å². The average molecular weight is 246 g/mol. The molecule has 0 saturated carbocycles. The van der Waals surface area contributed by atoms with Gasteiger partial charge in [-0.15, -0.1) is 10.2 Å². The number of fused-ring (bicyclic) bond motifs is 1. The van der Waals surface area contributed by atoms with E-state index in [0.717, 1.165) is 24.6 Å². The molecule has 0 unspecified atom stereocenters. The minimum Gasteiger partial charge on any atom is -0.310 e. The Morgan fingerprint density at radius 2 is 2.00 bits per heavy atom. The predicted octanol–water partition coefficient (Wildman–Crippen LogP) is 2.79. The highest BCUT2D eigenvalue weighted by molar-refractivity contribution is 5.36. The Labute approximate surface area is 108 Å². The van der Waals surface area contributed by atoms with Crippen LogP contribution in [0.4, 0.5) is 0 Å². The Morgan fingerprint density at radius 1 is 1.11 bits per heavy atom. The molecule has 4 nitrogen and oxygen atoms in total. The number of unbranched alkanes of at least 4 members (excludes halogenated alkanes) is 4. The molecule has 2 rings (SSSR count). The van der Waals surface area contributed by atoms with E-state index in [0.29, 0.717) is 0 Å². The predicted molar refractivity (Wildman–Crippen MR) is 73.5 cm³/mol. The van der Waals surface area contributed by atoms with Crippen LogP contribution in [0.2, 0.25) is 0 Å². The first kappa shape index (κ1) is 13.0. The van der Waals surface area contributed by atoms with Crippen molar-refractivity contribution < 1.29 is 0 Å². The molecule has 0 fully saturated rings. The number of hydrogen-bond acceptors (Lipinski definition) is 3. The maximum Gasteiger partial charge on any atom is 0.160 e. The molecule has 0 radical (unpaired) electrons. The summed E-state index contributed by atoms with van der Waals surface area (Å²) in [4.78, 5) is 0. The summed E-state index contributed by atoms with van der Waals surface area (Å²) in [6.07, 6.45) is 8.59. The smallest absolute Gasteiger partial charge is 0.160 e. The Kier molecular flexibility index (Phi) is 5.15. The summed E-state index contributed by atoms with van der Waals surface area (Å²) in [5.74, 6) is 0.985. The fourth-order valence-corrected chi connectivity index (χ4v) is 2.07. The van der Waals surface area contributed by atoms with Gasteiger partial charge in [-0.25, -0.2) is 0 Å². The number of rotatable bonds is 8. The lowest BCUT2D eigenvalue weighted by molar-refractivity contribution is 0.574. The van der Waals surface area contributed by atoms with Gasteiger partial charge in [0.05, 0.1) is 6.54 Å². The molecule has 0 atom stereocenters. The standard InChI is InChI=1S/C14H22N4/c1-2-3-4-5-7-10-15-12-14-17-16-13-9-6-8-11-18(13)14/h6,8-9,11,15H,2-5,7,10,12H2,1H3. The van der Waals surface area contributed by atoms with Gasteiger partial charge in [0.1, 0.15) is 0 Å². The van der Waals surface area contributed by atoms with Crippen molar-refractivity contribution in [3.05, 3.63) is 30.2 Å². The molecular formula is C14H22N4. The molecule has 2 aromatic rings. The molecule has 0 aromatic carbocycles. The summed E-state index contributed by atoms with van der Waals surface area (Å²) in [6, 6.07) is 5.96. The highest BCUT2D eigenvalue weighted by atomic mass is 15.3. The van der Waals surface area contributed by atoms with E-state index in [-0.39, 0.29) is 0 Å². The second-order valence-corrected chi connectivity index (χ2v) is 4.64. The monoisotopic (exact) mass is 246 g/mol. The maximum atomic E-state index is 4.19. The summed E-state index contributed by atoms with van der Waals surface area (Å²) in [7, 11) is 0. The van der Waals surface area contributed by atoms with Crippen LogP contribution in [0.15, 0.2) is 24.4 Å². The van der Waals surface area contributed by atoms with Crippen LogP contribution in [-0.2, 0) is 6.54 Å². The van der Waals surface area contributed by atoms with Gasteiger partial charge < -0.3 is 5.32 Å². The molecule has 0 spiro atoms. The van der Waals surface area contributed by atoms with E-state index in [1.165, 1.54) is 32.1 Å². The molecule has 2 aromatic heterocycles. The van der Waals surface area contributed by atoms with Gasteiger partial charge in [-0.05, 0) is 25.1 Å². The first-order chi connectivity index (χ1) is 8.92. The van der Waals surface area contributed by atoms with E-state index >= 15 is 0 Å². The third kappa shape index (κ3) is 3.53. The minimum atomic E-state index is 0.791. The maximum absolute atomic E-state index is 4.19. The van der Waals surface area contributed by atoms with Crippen LogP contribution in [0, 0.1) is 0 Å². The summed E-state index contributed by atoms with van der Waals surface area (Å²) in [5.41, 5.74) is 0.914. The van der Waals surface area contributed by atoms with E-state index < -0.39 is 0 Å². The van der Waals surface area contributed by atoms with Gasteiger partial charge in [-0.1, -0.05) is 38.7 Å². The van der Waals surface area contributed by atoms with Crippen molar-refractivity contribution in [2.45, 2.75) is 45.6 Å². The van der Waals surface area contributed by atoms with Crippen LogP contribution in [-0.4, -0.2) is 21.1 Å². The second-order valence-electron chi connectivity index (χ2n) is 4.64. The van der Waals surface area contributed by atoms with Crippen molar-refractivity contribution >= 4 is 5.65 Å². The Bertz CT molecular complexity index is 464. The van der Waals surface area contributed by atoms with Crippen molar-refractivity contribution in [2.75, 3.05) is 6.54 Å². The SMILES string of the molecule is CCCCCCCNCc1nnc2ccccn12. The van der Waals surface area contributed by atoms with Crippen molar-refractivity contribution in [2.24, 2.45) is 0 Å². The second kappa shape index (κ2) is 7.11. The molecule has 0 amide bonds. The molecule has 2 heterocycles. The van der Waals surface area contributed by atoms with Crippen LogP contribution < -0.4 is 5.32 Å². The lowest BCUT2D eigenvalue weighted by Gasteiger charge is -2.03. The summed E-state index contributed by atoms with van der Waals surface area (Å²) in [5, 5.41) is 11.8. The third-order valence-corrected chi connectivity index (χ3v) is 3.12. The van der Waals surface area contributed by atoms with Crippen LogP contribution in [0.3, 0.4) is 0 Å². The fourth-order valence-electron chi connectivity index (χ4n) is 2.07. The lowest BCUT2D eigenvalue weighted by Crippen LogP contribution is -2.16. The van der Waals surface area contributed by atoms with Crippen molar-refractivity contribution in [3.8, 4) is 0 Å². The number of aromatic nitrogens is 3. The fraction of sp³-hybridized carbons (Fsp3) is 0.571. The summed E-state index contributed by atoms with van der Waals surface area (Å²) < 4.78 is 2.03. The molecule has 18 heavy (non-hydrogen) atoms. The van der Waals surface area contributed by atoms with E-state index in [2.05, 4.69) is 22.4 Å². The first-order valence-electron chi connectivity index (χ1n) is 6.91. The van der Waals surface area contributed by atoms with Crippen LogP contribution >= 0.6 is 0 Å². The van der Waals surface area contributed by atoms with Gasteiger partial charge in [0.25, 0.3) is 0 Å². The minimum absolute atomic E-state index is 0.791. The number of nitrogens with one attached hydrogen (secondary N) is 1. The molecule has 0 bridgehead atoms. The summed E-state index contributed by atoms with van der Waals surface area (Å²) >= 11 is 0. The number of pyridine rings is 1. The molecule has 4 heteroatoms. The quantitative estimate of drug-likeness (QED) is 0.728. The highest BCUT2D eigenvalue weighted by Crippen LogP contribution is 2.03. The molecule has 0 aliphatic rings. The number of hydrogen-bond donors (Lipinski definition) is 1. The van der Waals surface area contributed by atoms with Gasteiger partial charge in [-0.3, -0.25) is 4.40 Å². The van der Waals surface area contributed by atoms with E-state index in [1.54, 1.807) is 0 Å². The first-order valence-corrected chi connectivity index (χ1v) is 6.91. The average Bonchev–Trinajstić information content (AvgIpc) is 2.81. The highest BCUT2D eigenvalue weighted by Gasteiger charge is 2.02. The molecule has 0 aliphatic carbocycles. The Morgan fingerprint density at radius 3 is 2.89 bits per heavy atom. The zero-order valence-electron chi connectivity index (χ0n) is 11.1. The van der Waals surface area contributed by atoms with Gasteiger partial charge >= 0.3 is 0 Å². The van der Waals surface area contributed by atoms with Gasteiger partial charge in [-0.2, -0.15) is 0 Å². The molecule has 98 valence electrons. The van der Waals surface area contributed by atoms with E-state index in [1.807, 2.05) is 28.8 Å². The molecule has 0 aliphatic heterocycles. The molecular weight excluding hydrogens is 224 g/mol. The Balaban J connectivity index is 1.70. The van der Waals surface area contributed by atoms with Gasteiger partial charge in [0.15, 0.2) is 11.5 Å². The van der Waals surface area contributed by atoms with Crippen molar-refractivity contribution in [1.29, 1.82) is 0 Å². The van der Waals surface area contributed by atoms with Crippen LogP contribution in [0.25, 0.3) is 5.65 Å². The van der Waals surface area contributed by atoms with E-state index in [4.69, 9.17) is 0 Å². The van der Waals surface area contributed by atoms with Gasteiger partial charge in [0.2, 0.25) is 0 Å². The van der Waals surface area contributed by atoms with Gasteiger partial charge in [0, 0.05) is 6.20 Å². The zero-order valence-corrected chi connectivity index (χ0v) is 11.1. The molecule has 1 N–H and O–H groups in total. The number of nitrogens with zero attached hydrogens (tertiary/aromatic N) is 3. The van der Waals surface area contributed by atoms with Crippen LogP contribution in [0.5, 0.6) is 0 Å².